The first-order valence-electron chi connectivity index (χ1n) is 10.7. The van der Waals surface area contributed by atoms with Crippen molar-refractivity contribution in [2.45, 2.75) is 45.1 Å². The Hall–Kier alpha value is -3.81. The summed E-state index contributed by atoms with van der Waals surface area (Å²) in [5, 5.41) is 15.5. The van der Waals surface area contributed by atoms with Crippen LogP contribution in [0, 0.1) is 13.8 Å². The molecule has 1 aliphatic rings. The predicted molar refractivity (Wildman–Crippen MR) is 117 cm³/mol. The highest BCUT2D eigenvalue weighted by Gasteiger charge is 2.41. The van der Waals surface area contributed by atoms with E-state index in [2.05, 4.69) is 25.7 Å². The van der Waals surface area contributed by atoms with Gasteiger partial charge in [0.2, 0.25) is 17.7 Å². The maximum atomic E-state index is 13.0. The molecule has 0 atom stereocenters. The fraction of sp³-hybridized carbons (Fsp3) is 0.292. The normalized spacial score (nSPS) is 15.1. The number of carbonyl (C=O) groups is 1. The molecule has 2 heterocycles. The lowest BCUT2D eigenvalue weighted by molar-refractivity contribution is 0.0892. The second-order valence-electron chi connectivity index (χ2n) is 8.24. The van der Waals surface area contributed by atoms with Crippen LogP contribution < -0.4 is 5.32 Å². The Morgan fingerprint density at radius 1 is 0.906 bits per heavy atom. The van der Waals surface area contributed by atoms with Crippen molar-refractivity contribution >= 4 is 5.91 Å². The Labute approximate surface area is 185 Å². The van der Waals surface area contributed by atoms with E-state index in [1.165, 1.54) is 0 Å². The molecule has 8 nitrogen and oxygen atoms in total. The van der Waals surface area contributed by atoms with Gasteiger partial charge in [-0.05, 0) is 56.2 Å². The molecule has 1 aliphatic carbocycles. The largest absolute Gasteiger partial charge is 0.416 e. The number of nitrogens with zero attached hydrogens (tertiary/aromatic N) is 4. The van der Waals surface area contributed by atoms with E-state index in [0.717, 1.165) is 42.4 Å². The highest BCUT2D eigenvalue weighted by Crippen LogP contribution is 2.37. The highest BCUT2D eigenvalue weighted by atomic mass is 16.5. The molecule has 0 aliphatic heterocycles. The quantitative estimate of drug-likeness (QED) is 0.494. The highest BCUT2D eigenvalue weighted by molar-refractivity contribution is 5.95. The molecule has 8 heteroatoms. The lowest BCUT2D eigenvalue weighted by atomic mass is 9.95. The molecule has 1 amide bonds. The minimum atomic E-state index is -0.580. The van der Waals surface area contributed by atoms with Gasteiger partial charge in [-0.3, -0.25) is 4.79 Å². The third kappa shape index (κ3) is 3.79. The Morgan fingerprint density at radius 3 is 2.06 bits per heavy atom. The van der Waals surface area contributed by atoms with Crippen LogP contribution in [0.1, 0.15) is 53.3 Å². The second-order valence-corrected chi connectivity index (χ2v) is 8.24. The Bertz CT molecular complexity index is 1240. The Kier molecular flexibility index (Phi) is 5.05. The van der Waals surface area contributed by atoms with E-state index in [-0.39, 0.29) is 5.91 Å². The van der Waals surface area contributed by atoms with E-state index in [1.807, 2.05) is 31.2 Å². The van der Waals surface area contributed by atoms with E-state index >= 15 is 0 Å². The van der Waals surface area contributed by atoms with Gasteiger partial charge in [0.15, 0.2) is 5.82 Å². The minimum Gasteiger partial charge on any atom is -0.416 e. The molecule has 1 fully saturated rings. The van der Waals surface area contributed by atoms with Gasteiger partial charge in [-0.25, -0.2) is 0 Å². The monoisotopic (exact) mass is 429 g/mol. The molecule has 0 unspecified atom stereocenters. The first-order valence-corrected chi connectivity index (χ1v) is 10.7. The Balaban J connectivity index is 1.33. The van der Waals surface area contributed by atoms with Crippen molar-refractivity contribution in [2.24, 2.45) is 0 Å². The molecule has 1 N–H and O–H groups in total. The molecule has 4 aromatic rings. The van der Waals surface area contributed by atoms with E-state index < -0.39 is 5.54 Å². The first kappa shape index (κ1) is 20.1. The summed E-state index contributed by atoms with van der Waals surface area (Å²) in [7, 11) is 0. The maximum absolute atomic E-state index is 13.0. The number of hydrogen-bond donors (Lipinski definition) is 1. The van der Waals surface area contributed by atoms with Gasteiger partial charge in [-0.15, -0.1) is 10.2 Å². The van der Waals surface area contributed by atoms with Crippen molar-refractivity contribution in [2.75, 3.05) is 0 Å². The third-order valence-electron chi connectivity index (χ3n) is 5.88. The molecule has 0 bridgehead atoms. The molecular weight excluding hydrogens is 406 g/mol. The zero-order valence-corrected chi connectivity index (χ0v) is 18.0. The van der Waals surface area contributed by atoms with Crippen LogP contribution in [-0.2, 0) is 5.54 Å². The van der Waals surface area contributed by atoms with Gasteiger partial charge in [0.1, 0.15) is 5.54 Å². The van der Waals surface area contributed by atoms with Crippen LogP contribution in [0.4, 0.5) is 0 Å². The van der Waals surface area contributed by atoms with Gasteiger partial charge >= 0.3 is 0 Å². The molecule has 0 radical (unpaired) electrons. The molecule has 5 rings (SSSR count). The number of aromatic nitrogens is 4. The van der Waals surface area contributed by atoms with Crippen LogP contribution >= 0.6 is 0 Å². The summed E-state index contributed by atoms with van der Waals surface area (Å²) in [4.78, 5) is 17.4. The number of hydrogen-bond acceptors (Lipinski definition) is 7. The Morgan fingerprint density at radius 2 is 1.50 bits per heavy atom. The van der Waals surface area contributed by atoms with Crippen LogP contribution in [0.5, 0.6) is 0 Å². The van der Waals surface area contributed by atoms with Gasteiger partial charge in [0.05, 0.1) is 0 Å². The van der Waals surface area contributed by atoms with Crippen LogP contribution in [0.25, 0.3) is 22.9 Å². The molecule has 162 valence electrons. The van der Waals surface area contributed by atoms with Crippen molar-refractivity contribution in [1.29, 1.82) is 0 Å². The summed E-state index contributed by atoms with van der Waals surface area (Å²) in [6, 6.07) is 15.0. The summed E-state index contributed by atoms with van der Waals surface area (Å²) < 4.78 is 11.0. The molecule has 1 saturated carbocycles. The molecular formula is C24H23N5O3. The van der Waals surface area contributed by atoms with Crippen LogP contribution in [-0.4, -0.2) is 26.2 Å². The molecule has 0 saturated heterocycles. The number of amides is 1. The summed E-state index contributed by atoms with van der Waals surface area (Å²) in [5.41, 5.74) is 2.73. The van der Waals surface area contributed by atoms with E-state index in [9.17, 15) is 4.79 Å². The molecule has 0 spiro atoms. The third-order valence-corrected chi connectivity index (χ3v) is 5.88. The maximum Gasteiger partial charge on any atom is 0.252 e. The molecule has 2 aromatic heterocycles. The lowest BCUT2D eigenvalue weighted by Gasteiger charge is -2.26. The van der Waals surface area contributed by atoms with E-state index in [1.54, 1.807) is 31.2 Å². The smallest absolute Gasteiger partial charge is 0.252 e. The molecule has 32 heavy (non-hydrogen) atoms. The van der Waals surface area contributed by atoms with Gasteiger partial charge in [0.25, 0.3) is 5.91 Å². The molecule has 2 aromatic carbocycles. The predicted octanol–water partition coefficient (Wildman–Crippen LogP) is 4.60. The van der Waals surface area contributed by atoms with Gasteiger partial charge in [-0.1, -0.05) is 35.7 Å². The summed E-state index contributed by atoms with van der Waals surface area (Å²) in [6.07, 6.45) is 3.60. The number of carbonyl (C=O) groups excluding carboxylic acids is 1. The number of aryl methyl sites for hydroxylation is 2. The van der Waals surface area contributed by atoms with Crippen molar-refractivity contribution in [1.82, 2.24) is 25.7 Å². The topological polar surface area (TPSA) is 107 Å². The number of nitrogens with one attached hydrogen (secondary N) is 1. The number of benzene rings is 2. The number of rotatable bonds is 5. The van der Waals surface area contributed by atoms with E-state index in [0.29, 0.717) is 29.1 Å². The van der Waals surface area contributed by atoms with Crippen LogP contribution in [0.15, 0.2) is 57.5 Å². The van der Waals surface area contributed by atoms with Crippen molar-refractivity contribution in [3.63, 3.8) is 0 Å². The minimum absolute atomic E-state index is 0.174. The van der Waals surface area contributed by atoms with Gasteiger partial charge < -0.3 is 14.3 Å². The fourth-order valence-electron chi connectivity index (χ4n) is 4.08. The fourth-order valence-corrected chi connectivity index (χ4v) is 4.08. The van der Waals surface area contributed by atoms with Crippen LogP contribution in [0.2, 0.25) is 0 Å². The second kappa shape index (κ2) is 8.03. The van der Waals surface area contributed by atoms with Gasteiger partial charge in [-0.2, -0.15) is 4.98 Å². The summed E-state index contributed by atoms with van der Waals surface area (Å²) in [5.74, 6) is 1.73. The van der Waals surface area contributed by atoms with Crippen LogP contribution in [0.3, 0.4) is 0 Å². The van der Waals surface area contributed by atoms with Gasteiger partial charge in [0, 0.05) is 23.6 Å². The van der Waals surface area contributed by atoms with Crippen molar-refractivity contribution in [3.8, 4) is 22.9 Å². The zero-order valence-electron chi connectivity index (χ0n) is 18.0. The first-order chi connectivity index (χ1) is 15.5. The zero-order chi connectivity index (χ0) is 22.1. The summed E-state index contributed by atoms with van der Waals surface area (Å²) >= 11 is 0. The average Bonchev–Trinajstić information content (AvgIpc) is 3.56. The average molecular weight is 429 g/mol. The standard InChI is InChI=1S/C24H23N5O3/c1-15-5-7-18(8-6-15)21-27-28-22(31-21)19-11-9-17(10-12-19)20(30)26-24(13-3-4-14-24)23-25-16(2)32-29-23/h5-12H,3-4,13-14H2,1-2H3,(H,26,30). The summed E-state index contributed by atoms with van der Waals surface area (Å²) in [6.45, 7) is 3.78. The van der Waals surface area contributed by atoms with Crippen molar-refractivity contribution < 1.29 is 13.7 Å². The van der Waals surface area contributed by atoms with E-state index in [4.69, 9.17) is 8.94 Å². The SMILES string of the molecule is Cc1ccc(-c2nnc(-c3ccc(C(=O)NC4(c5noc(C)n5)CCCC4)cc3)o2)cc1. The van der Waals surface area contributed by atoms with Crippen molar-refractivity contribution in [3.05, 3.63) is 71.4 Å². The lowest BCUT2D eigenvalue weighted by Crippen LogP contribution is -2.44.